The van der Waals surface area contributed by atoms with Crippen LogP contribution < -0.4 is 5.32 Å². The van der Waals surface area contributed by atoms with Gasteiger partial charge in [0, 0.05) is 6.04 Å². The number of aromatic nitrogens is 2. The van der Waals surface area contributed by atoms with Crippen LogP contribution in [0.2, 0.25) is 5.15 Å². The van der Waals surface area contributed by atoms with E-state index in [4.69, 9.17) is 11.6 Å². The molecule has 0 fully saturated rings. The Bertz CT molecular complexity index is 401. The number of hydrogen-bond donors (Lipinski definition) is 1. The lowest BCUT2D eigenvalue weighted by atomic mass is 10.2. The van der Waals surface area contributed by atoms with Crippen LogP contribution in [0.5, 0.6) is 0 Å². The van der Waals surface area contributed by atoms with E-state index in [1.165, 1.54) is 0 Å². The molecule has 0 aliphatic heterocycles. The van der Waals surface area contributed by atoms with Gasteiger partial charge < -0.3 is 5.32 Å². The van der Waals surface area contributed by atoms with Crippen LogP contribution in [0.15, 0.2) is 0 Å². The predicted molar refractivity (Wildman–Crippen MR) is 73.3 cm³/mol. The summed E-state index contributed by atoms with van der Waals surface area (Å²) in [5.41, 5.74) is 0.327. The van der Waals surface area contributed by atoms with Crippen molar-refractivity contribution in [1.82, 2.24) is 9.97 Å². The van der Waals surface area contributed by atoms with E-state index in [2.05, 4.69) is 28.5 Å². The van der Waals surface area contributed by atoms with Crippen LogP contribution in [0.4, 0.5) is 5.82 Å². The van der Waals surface area contributed by atoms with E-state index in [0.29, 0.717) is 23.5 Å². The fourth-order valence-corrected chi connectivity index (χ4v) is 2.21. The van der Waals surface area contributed by atoms with Crippen LogP contribution in [0.1, 0.15) is 29.5 Å². The Kier molecular flexibility index (Phi) is 5.71. The fourth-order valence-electron chi connectivity index (χ4n) is 1.36. The number of aldehydes is 1. The van der Waals surface area contributed by atoms with Gasteiger partial charge in [0.15, 0.2) is 6.29 Å². The third-order valence-electron chi connectivity index (χ3n) is 2.27. The molecule has 0 bridgehead atoms. The minimum Gasteiger partial charge on any atom is -0.367 e. The van der Waals surface area contributed by atoms with E-state index in [1.54, 1.807) is 18.7 Å². The first-order chi connectivity index (χ1) is 8.08. The van der Waals surface area contributed by atoms with Crippen LogP contribution in [-0.2, 0) is 0 Å². The Balaban J connectivity index is 2.85. The largest absolute Gasteiger partial charge is 0.367 e. The number of thioether (sulfide) groups is 1. The third-order valence-corrected chi connectivity index (χ3v) is 3.20. The van der Waals surface area contributed by atoms with Crippen molar-refractivity contribution in [1.29, 1.82) is 0 Å². The molecule has 17 heavy (non-hydrogen) atoms. The average Bonchev–Trinajstić information content (AvgIpc) is 2.25. The van der Waals surface area contributed by atoms with E-state index < -0.39 is 0 Å². The van der Waals surface area contributed by atoms with Crippen molar-refractivity contribution in [3.63, 3.8) is 0 Å². The minimum absolute atomic E-state index is 0.201. The molecular weight excluding hydrogens is 258 g/mol. The van der Waals surface area contributed by atoms with Gasteiger partial charge in [-0.1, -0.05) is 11.6 Å². The number of nitrogens with one attached hydrogen (secondary N) is 1. The van der Waals surface area contributed by atoms with E-state index in [1.807, 2.05) is 0 Å². The maximum Gasteiger partial charge on any atom is 0.156 e. The molecule has 0 saturated carbocycles. The Morgan fingerprint density at radius 2 is 2.24 bits per heavy atom. The molecular formula is C11H16ClN3OS. The number of nitrogens with zero attached hydrogens (tertiary/aromatic N) is 2. The fraction of sp³-hybridized carbons (Fsp3) is 0.545. The summed E-state index contributed by atoms with van der Waals surface area (Å²) >= 11 is 7.68. The third kappa shape index (κ3) is 4.16. The topological polar surface area (TPSA) is 54.9 Å². The summed E-state index contributed by atoms with van der Waals surface area (Å²) in [7, 11) is 0. The van der Waals surface area contributed by atoms with Gasteiger partial charge in [-0.2, -0.15) is 11.8 Å². The molecule has 6 heteroatoms. The average molecular weight is 274 g/mol. The highest BCUT2D eigenvalue weighted by Crippen LogP contribution is 2.20. The van der Waals surface area contributed by atoms with Gasteiger partial charge >= 0.3 is 0 Å². The Hall–Kier alpha value is -0.810. The van der Waals surface area contributed by atoms with Gasteiger partial charge in [0.05, 0.1) is 5.56 Å². The molecule has 1 rings (SSSR count). The van der Waals surface area contributed by atoms with Gasteiger partial charge in [0.2, 0.25) is 0 Å². The summed E-state index contributed by atoms with van der Waals surface area (Å²) in [6.45, 7) is 3.80. The lowest BCUT2D eigenvalue weighted by Gasteiger charge is -2.15. The van der Waals surface area contributed by atoms with E-state index >= 15 is 0 Å². The molecule has 0 aromatic carbocycles. The minimum atomic E-state index is 0.201. The maximum atomic E-state index is 10.9. The van der Waals surface area contributed by atoms with Crippen molar-refractivity contribution in [2.24, 2.45) is 0 Å². The van der Waals surface area contributed by atoms with Crippen LogP contribution in [0.3, 0.4) is 0 Å². The molecule has 1 aromatic rings. The van der Waals surface area contributed by atoms with Crippen molar-refractivity contribution in [3.8, 4) is 0 Å². The van der Waals surface area contributed by atoms with Gasteiger partial charge in [0.25, 0.3) is 0 Å². The molecule has 1 aromatic heterocycles. The number of aryl methyl sites for hydroxylation is 1. The first kappa shape index (κ1) is 14.3. The lowest BCUT2D eigenvalue weighted by Crippen LogP contribution is -2.19. The Morgan fingerprint density at radius 1 is 1.53 bits per heavy atom. The van der Waals surface area contributed by atoms with Gasteiger partial charge in [-0.25, -0.2) is 9.97 Å². The first-order valence-corrected chi connectivity index (χ1v) is 7.10. The molecule has 0 spiro atoms. The van der Waals surface area contributed by atoms with Crippen molar-refractivity contribution in [2.75, 3.05) is 17.3 Å². The molecule has 0 aliphatic carbocycles. The molecule has 1 unspecified atom stereocenters. The van der Waals surface area contributed by atoms with Gasteiger partial charge in [-0.3, -0.25) is 4.79 Å². The number of hydrogen-bond acceptors (Lipinski definition) is 5. The summed E-state index contributed by atoms with van der Waals surface area (Å²) in [5, 5.41) is 3.40. The van der Waals surface area contributed by atoms with Crippen molar-refractivity contribution < 1.29 is 4.79 Å². The zero-order valence-electron chi connectivity index (χ0n) is 10.2. The summed E-state index contributed by atoms with van der Waals surface area (Å²) in [4.78, 5) is 19.1. The number of carbonyl (C=O) groups excluding carboxylic acids is 1. The quantitative estimate of drug-likeness (QED) is 0.638. The van der Waals surface area contributed by atoms with Crippen LogP contribution >= 0.6 is 23.4 Å². The number of rotatable bonds is 6. The molecule has 1 atom stereocenters. The molecule has 94 valence electrons. The van der Waals surface area contributed by atoms with Gasteiger partial charge in [0.1, 0.15) is 16.8 Å². The second kappa shape index (κ2) is 6.81. The highest BCUT2D eigenvalue weighted by Gasteiger charge is 2.12. The molecule has 1 heterocycles. The van der Waals surface area contributed by atoms with Gasteiger partial charge in [-0.15, -0.1) is 0 Å². The maximum absolute atomic E-state index is 10.9. The lowest BCUT2D eigenvalue weighted by molar-refractivity contribution is 0.112. The zero-order chi connectivity index (χ0) is 12.8. The van der Waals surface area contributed by atoms with Crippen LogP contribution in [0, 0.1) is 6.92 Å². The standard InChI is InChI=1S/C11H16ClN3OS/c1-7(4-5-17-3)13-11-9(6-16)10(12)14-8(2)15-11/h6-7H,4-5H2,1-3H3,(H,13,14,15). The molecule has 0 radical (unpaired) electrons. The molecule has 1 N–H and O–H groups in total. The van der Waals surface area contributed by atoms with Crippen LogP contribution in [0.25, 0.3) is 0 Å². The number of anilines is 1. The zero-order valence-corrected chi connectivity index (χ0v) is 11.7. The first-order valence-electron chi connectivity index (χ1n) is 5.33. The monoisotopic (exact) mass is 273 g/mol. The molecule has 0 amide bonds. The molecule has 4 nitrogen and oxygen atoms in total. The molecule has 0 aliphatic rings. The van der Waals surface area contributed by atoms with E-state index in [9.17, 15) is 4.79 Å². The summed E-state index contributed by atoms with van der Waals surface area (Å²) < 4.78 is 0. The normalized spacial score (nSPS) is 12.2. The highest BCUT2D eigenvalue weighted by atomic mass is 35.5. The molecule has 0 saturated heterocycles. The second-order valence-electron chi connectivity index (χ2n) is 3.77. The second-order valence-corrected chi connectivity index (χ2v) is 5.11. The van der Waals surface area contributed by atoms with E-state index in [0.717, 1.165) is 12.2 Å². The Labute approximate surface area is 111 Å². The number of carbonyl (C=O) groups is 1. The van der Waals surface area contributed by atoms with E-state index in [-0.39, 0.29) is 11.2 Å². The van der Waals surface area contributed by atoms with Crippen molar-refractivity contribution >= 4 is 35.5 Å². The summed E-state index contributed by atoms with van der Waals surface area (Å²) in [6.07, 6.45) is 3.75. The van der Waals surface area contributed by atoms with Crippen molar-refractivity contribution in [2.45, 2.75) is 26.3 Å². The highest BCUT2D eigenvalue weighted by molar-refractivity contribution is 7.98. The smallest absolute Gasteiger partial charge is 0.156 e. The van der Waals surface area contributed by atoms with Crippen LogP contribution in [-0.4, -0.2) is 34.3 Å². The van der Waals surface area contributed by atoms with Gasteiger partial charge in [-0.05, 0) is 32.3 Å². The SMILES string of the molecule is CSCCC(C)Nc1nc(C)nc(Cl)c1C=O. The predicted octanol–water partition coefficient (Wildman–Crippen LogP) is 2.80. The Morgan fingerprint density at radius 3 is 2.82 bits per heavy atom. The number of halogens is 1. The summed E-state index contributed by atoms with van der Waals surface area (Å²) in [6, 6.07) is 0.242. The van der Waals surface area contributed by atoms with Crippen molar-refractivity contribution in [3.05, 3.63) is 16.5 Å². The summed E-state index contributed by atoms with van der Waals surface area (Å²) in [5.74, 6) is 2.13.